The van der Waals surface area contributed by atoms with E-state index in [0.29, 0.717) is 0 Å². The third-order valence-electron chi connectivity index (χ3n) is 2.65. The van der Waals surface area contributed by atoms with Crippen LogP contribution in [-0.2, 0) is 6.42 Å². The van der Waals surface area contributed by atoms with E-state index in [1.807, 2.05) is 50.2 Å². The van der Waals surface area contributed by atoms with Gasteiger partial charge in [0.2, 0.25) is 0 Å². The van der Waals surface area contributed by atoms with E-state index in [4.69, 9.17) is 0 Å². The summed E-state index contributed by atoms with van der Waals surface area (Å²) in [4.78, 5) is 0. The maximum Gasteiger partial charge on any atom is 0.0281 e. The van der Waals surface area contributed by atoms with E-state index in [9.17, 15) is 0 Å². The van der Waals surface area contributed by atoms with Gasteiger partial charge >= 0.3 is 0 Å². The molecule has 2 aromatic carbocycles. The summed E-state index contributed by atoms with van der Waals surface area (Å²) in [5, 5.41) is 0. The maximum absolute atomic E-state index is 4.61. The molecule has 0 heterocycles. The van der Waals surface area contributed by atoms with E-state index in [2.05, 4.69) is 68.2 Å². The molecule has 0 radical (unpaired) electrons. The van der Waals surface area contributed by atoms with E-state index in [0.717, 1.165) is 24.0 Å². The minimum Gasteiger partial charge on any atom is -0.405 e. The molecular weight excluding hydrogens is 316 g/mol. The number of hydrogen-bond acceptors (Lipinski definition) is 2. The molecule has 26 heavy (non-hydrogen) atoms. The van der Waals surface area contributed by atoms with Crippen molar-refractivity contribution >= 4 is 0 Å². The maximum atomic E-state index is 4.61. The monoisotopic (exact) mass is 352 g/mol. The van der Waals surface area contributed by atoms with Crippen LogP contribution in [0.25, 0.3) is 0 Å². The van der Waals surface area contributed by atoms with Crippen LogP contribution in [0.5, 0.6) is 0 Å². The first-order valence-corrected chi connectivity index (χ1v) is 8.87. The van der Waals surface area contributed by atoms with Gasteiger partial charge in [-0.2, -0.15) is 0 Å². The molecule has 0 unspecified atom stereocenters. The molecule has 0 spiro atoms. The van der Waals surface area contributed by atoms with Gasteiger partial charge in [-0.25, -0.2) is 0 Å². The van der Waals surface area contributed by atoms with Gasteiger partial charge in [-0.3, -0.25) is 0 Å². The fourth-order valence-electron chi connectivity index (χ4n) is 1.79. The predicted octanol–water partition coefficient (Wildman–Crippen LogP) is 5.53. The van der Waals surface area contributed by atoms with Gasteiger partial charge in [0.1, 0.15) is 0 Å². The number of nitrogens with two attached hydrogens (primary N) is 2. The Kier molecular flexibility index (Phi) is 26.4. The second-order valence-corrected chi connectivity index (χ2v) is 4.26. The van der Waals surface area contributed by atoms with Crippen molar-refractivity contribution in [2.45, 2.75) is 33.6 Å². The highest BCUT2D eigenvalue weighted by Gasteiger charge is 1.96. The van der Waals surface area contributed by atoms with Crippen LogP contribution in [0.3, 0.4) is 0 Å². The molecule has 0 aliphatic heterocycles. The Morgan fingerprint density at radius 3 is 1.85 bits per heavy atom. The fraction of sp³-hybridized carbons (Fsp3) is 0.250. The Morgan fingerprint density at radius 2 is 1.35 bits per heavy atom. The molecule has 0 atom stereocenters. The van der Waals surface area contributed by atoms with Gasteiger partial charge in [0, 0.05) is 11.1 Å². The SMILES string of the molecule is C=C.C=CN.CC.CCCc1ccccc1C#Cc1ccccc1.CN. The second-order valence-electron chi connectivity index (χ2n) is 4.26. The second kappa shape index (κ2) is 24.5. The van der Waals surface area contributed by atoms with Crippen molar-refractivity contribution in [2.75, 3.05) is 7.05 Å². The Balaban J connectivity index is -0.000000509. The van der Waals surface area contributed by atoms with E-state index in [1.54, 1.807) is 0 Å². The molecular formula is C24H36N2. The smallest absolute Gasteiger partial charge is 0.0281 e. The zero-order valence-electron chi connectivity index (χ0n) is 17.0. The molecule has 0 aliphatic rings. The van der Waals surface area contributed by atoms with Crippen LogP contribution in [0, 0.1) is 11.8 Å². The van der Waals surface area contributed by atoms with Crippen molar-refractivity contribution in [3.63, 3.8) is 0 Å². The molecule has 2 aromatic rings. The van der Waals surface area contributed by atoms with Crippen LogP contribution in [0.4, 0.5) is 0 Å². The molecule has 0 saturated carbocycles. The molecule has 0 aliphatic carbocycles. The molecule has 0 amide bonds. The average molecular weight is 353 g/mol. The lowest BCUT2D eigenvalue weighted by molar-refractivity contribution is 0.919. The largest absolute Gasteiger partial charge is 0.405 e. The lowest BCUT2D eigenvalue weighted by atomic mass is 10.0. The van der Waals surface area contributed by atoms with Gasteiger partial charge in [-0.05, 0) is 43.4 Å². The number of hydrogen-bond donors (Lipinski definition) is 2. The Labute approximate surface area is 161 Å². The van der Waals surface area contributed by atoms with Crippen LogP contribution in [-0.4, -0.2) is 7.05 Å². The van der Waals surface area contributed by atoms with Crippen molar-refractivity contribution in [1.82, 2.24) is 0 Å². The van der Waals surface area contributed by atoms with E-state index >= 15 is 0 Å². The molecule has 2 nitrogen and oxygen atoms in total. The third-order valence-corrected chi connectivity index (χ3v) is 2.65. The van der Waals surface area contributed by atoms with Crippen LogP contribution >= 0.6 is 0 Å². The summed E-state index contributed by atoms with van der Waals surface area (Å²) in [6.45, 7) is 15.3. The summed E-state index contributed by atoms with van der Waals surface area (Å²) in [6, 6.07) is 18.5. The molecule has 0 bridgehead atoms. The summed E-state index contributed by atoms with van der Waals surface area (Å²) in [5.41, 5.74) is 12.7. The molecule has 0 fully saturated rings. The molecule has 0 saturated heterocycles. The summed E-state index contributed by atoms with van der Waals surface area (Å²) >= 11 is 0. The van der Waals surface area contributed by atoms with Crippen LogP contribution < -0.4 is 11.5 Å². The summed E-state index contributed by atoms with van der Waals surface area (Å²) in [6.07, 6.45) is 3.50. The number of aryl methyl sites for hydroxylation is 1. The van der Waals surface area contributed by atoms with Gasteiger partial charge < -0.3 is 11.5 Å². The number of rotatable bonds is 2. The van der Waals surface area contributed by atoms with Crippen molar-refractivity contribution in [3.05, 3.63) is 97.2 Å². The molecule has 0 aromatic heterocycles. The van der Waals surface area contributed by atoms with E-state index < -0.39 is 0 Å². The van der Waals surface area contributed by atoms with Crippen molar-refractivity contribution in [2.24, 2.45) is 11.5 Å². The summed E-state index contributed by atoms with van der Waals surface area (Å²) in [5.74, 6) is 6.47. The van der Waals surface area contributed by atoms with Crippen LogP contribution in [0.15, 0.2) is 80.5 Å². The predicted molar refractivity (Wildman–Crippen MR) is 120 cm³/mol. The van der Waals surface area contributed by atoms with Gasteiger partial charge in [0.25, 0.3) is 0 Å². The summed E-state index contributed by atoms with van der Waals surface area (Å²) < 4.78 is 0. The Morgan fingerprint density at radius 1 is 0.885 bits per heavy atom. The quantitative estimate of drug-likeness (QED) is 0.551. The average Bonchev–Trinajstić information content (AvgIpc) is 2.73. The van der Waals surface area contributed by atoms with Gasteiger partial charge in [-0.1, -0.05) is 82.0 Å². The summed E-state index contributed by atoms with van der Waals surface area (Å²) in [7, 11) is 1.50. The van der Waals surface area contributed by atoms with Gasteiger partial charge in [0.05, 0.1) is 0 Å². The Bertz CT molecular complexity index is 592. The lowest BCUT2D eigenvalue weighted by Gasteiger charge is -2.01. The van der Waals surface area contributed by atoms with Crippen molar-refractivity contribution in [1.29, 1.82) is 0 Å². The number of benzene rings is 2. The molecule has 2 heteroatoms. The normalized spacial score (nSPS) is 7.27. The highest BCUT2D eigenvalue weighted by molar-refractivity contribution is 5.46. The standard InChI is InChI=1S/C17H16.C2H5N.C2H6.C2H4.CH5N/c1-2-8-16-11-6-7-12-17(16)14-13-15-9-4-3-5-10-15;1-2-3;3*1-2/h3-7,9-12H,2,8H2,1H3;2H,1,3H2;1-2H3;1-2H2;2H2,1H3. The van der Waals surface area contributed by atoms with Crippen LogP contribution in [0.2, 0.25) is 0 Å². The highest BCUT2D eigenvalue weighted by Crippen LogP contribution is 2.10. The minimum absolute atomic E-state index is 1.07. The van der Waals surface area contributed by atoms with Crippen molar-refractivity contribution < 1.29 is 0 Å². The zero-order valence-corrected chi connectivity index (χ0v) is 17.0. The first kappa shape index (κ1) is 28.1. The molecule has 4 N–H and O–H groups in total. The molecule has 142 valence electrons. The fourth-order valence-corrected chi connectivity index (χ4v) is 1.79. The van der Waals surface area contributed by atoms with E-state index in [1.165, 1.54) is 18.8 Å². The van der Waals surface area contributed by atoms with Gasteiger partial charge in [0.15, 0.2) is 0 Å². The highest BCUT2D eigenvalue weighted by atomic mass is 14.5. The first-order valence-electron chi connectivity index (χ1n) is 8.87. The Hall–Kier alpha value is -2.76. The van der Waals surface area contributed by atoms with Gasteiger partial charge in [-0.15, -0.1) is 13.2 Å². The first-order chi connectivity index (χ1) is 12.8. The van der Waals surface area contributed by atoms with Crippen molar-refractivity contribution in [3.8, 4) is 11.8 Å². The molecule has 2 rings (SSSR count). The van der Waals surface area contributed by atoms with E-state index in [-0.39, 0.29) is 0 Å². The van der Waals surface area contributed by atoms with Crippen LogP contribution in [0.1, 0.15) is 43.9 Å². The lowest BCUT2D eigenvalue weighted by Crippen LogP contribution is -1.88. The third kappa shape index (κ3) is 14.8. The zero-order chi connectivity index (χ0) is 20.6. The minimum atomic E-state index is 1.07. The topological polar surface area (TPSA) is 52.0 Å².